The molecule has 6 rings (SSSR count). The molecule has 0 radical (unpaired) electrons. The summed E-state index contributed by atoms with van der Waals surface area (Å²) < 4.78 is 7.66. The molecular weight excluding hydrogens is 448 g/mol. The van der Waals surface area contributed by atoms with Gasteiger partial charge in [-0.1, -0.05) is 51.1 Å². The summed E-state index contributed by atoms with van der Waals surface area (Å²) in [6, 6.07) is 19.2. The number of pyridine rings is 1. The molecule has 3 heterocycles. The first-order valence-electron chi connectivity index (χ1n) is 12.0. The molecule has 0 bridgehead atoms. The molecule has 0 unspecified atom stereocenters. The summed E-state index contributed by atoms with van der Waals surface area (Å²) in [6.45, 7) is 13.2. The van der Waals surface area contributed by atoms with Crippen LogP contribution in [0.25, 0.3) is 54.5 Å². The number of aryl methyl sites for hydroxylation is 3. The average Bonchev–Trinajstić information content (AvgIpc) is 3.37. The van der Waals surface area contributed by atoms with Crippen LogP contribution in [0.2, 0.25) is 0 Å². The molecular formula is C31H28N2OS. The van der Waals surface area contributed by atoms with Gasteiger partial charge in [0, 0.05) is 28.1 Å². The molecule has 3 aromatic heterocycles. The second-order valence-electron chi connectivity index (χ2n) is 10.4. The zero-order valence-corrected chi connectivity index (χ0v) is 21.8. The summed E-state index contributed by atoms with van der Waals surface area (Å²) in [4.78, 5) is 9.68. The first-order chi connectivity index (χ1) is 16.7. The van der Waals surface area contributed by atoms with Crippen molar-refractivity contribution in [3.8, 4) is 22.4 Å². The van der Waals surface area contributed by atoms with Crippen molar-refractivity contribution < 1.29 is 4.42 Å². The molecule has 3 aromatic carbocycles. The number of rotatable bonds is 2. The van der Waals surface area contributed by atoms with E-state index in [0.29, 0.717) is 0 Å². The van der Waals surface area contributed by atoms with Crippen LogP contribution >= 0.6 is 11.3 Å². The van der Waals surface area contributed by atoms with Crippen molar-refractivity contribution in [3.63, 3.8) is 0 Å². The molecule has 174 valence electrons. The second-order valence-corrected chi connectivity index (χ2v) is 11.6. The lowest BCUT2D eigenvalue weighted by Crippen LogP contribution is -2.14. The van der Waals surface area contributed by atoms with Crippen LogP contribution in [0.15, 0.2) is 65.2 Å². The van der Waals surface area contributed by atoms with Crippen LogP contribution in [0, 0.1) is 20.8 Å². The Morgan fingerprint density at radius 1 is 0.857 bits per heavy atom. The van der Waals surface area contributed by atoms with Crippen LogP contribution in [0.3, 0.4) is 0 Å². The van der Waals surface area contributed by atoms with Gasteiger partial charge in [0.1, 0.15) is 11.2 Å². The highest BCUT2D eigenvalue weighted by Crippen LogP contribution is 2.42. The molecule has 0 N–H and O–H groups in total. The Bertz CT molecular complexity index is 1740. The molecule has 0 aliphatic carbocycles. The number of para-hydroxylation sites is 1. The fraction of sp³-hybridized carbons (Fsp3) is 0.226. The zero-order chi connectivity index (χ0) is 24.5. The number of hydrogen-bond donors (Lipinski definition) is 0. The minimum absolute atomic E-state index is 0.0458. The van der Waals surface area contributed by atoms with Gasteiger partial charge in [-0.25, -0.2) is 4.98 Å². The maximum atomic E-state index is 6.47. The number of aromatic nitrogens is 2. The van der Waals surface area contributed by atoms with Gasteiger partial charge in [-0.3, -0.25) is 4.98 Å². The van der Waals surface area contributed by atoms with E-state index in [4.69, 9.17) is 9.40 Å². The van der Waals surface area contributed by atoms with Gasteiger partial charge in [0.2, 0.25) is 0 Å². The summed E-state index contributed by atoms with van der Waals surface area (Å²) in [5.41, 5.74) is 11.0. The monoisotopic (exact) mass is 476 g/mol. The van der Waals surface area contributed by atoms with Gasteiger partial charge < -0.3 is 4.42 Å². The van der Waals surface area contributed by atoms with Crippen molar-refractivity contribution in [1.82, 2.24) is 9.97 Å². The van der Waals surface area contributed by atoms with Crippen molar-refractivity contribution >= 4 is 43.5 Å². The SMILES string of the molecule is Cc1nc2ccc3oc4c(-c5cc(C(C)(C)C)c(-c6c(C)cccc6C)cn5)cccc4c3c2s1. The molecule has 0 fully saturated rings. The third-order valence-corrected chi connectivity index (χ3v) is 7.87. The number of benzene rings is 3. The normalized spacial score (nSPS) is 12.3. The van der Waals surface area contributed by atoms with Gasteiger partial charge in [0.05, 0.1) is 20.9 Å². The summed E-state index contributed by atoms with van der Waals surface area (Å²) in [6.07, 6.45) is 2.05. The van der Waals surface area contributed by atoms with Crippen LogP contribution < -0.4 is 0 Å². The van der Waals surface area contributed by atoms with Crippen molar-refractivity contribution in [1.29, 1.82) is 0 Å². The van der Waals surface area contributed by atoms with Crippen LogP contribution in [0.5, 0.6) is 0 Å². The van der Waals surface area contributed by atoms with Crippen LogP contribution in [0.1, 0.15) is 42.5 Å². The van der Waals surface area contributed by atoms with Gasteiger partial charge in [-0.05, 0) is 72.7 Å². The molecule has 35 heavy (non-hydrogen) atoms. The van der Waals surface area contributed by atoms with Crippen LogP contribution in [0.4, 0.5) is 0 Å². The molecule has 0 saturated heterocycles. The first kappa shape index (κ1) is 22.0. The number of fused-ring (bicyclic) bond motifs is 5. The highest BCUT2D eigenvalue weighted by Gasteiger charge is 2.23. The molecule has 0 amide bonds. The van der Waals surface area contributed by atoms with Crippen molar-refractivity contribution in [2.45, 2.75) is 47.0 Å². The van der Waals surface area contributed by atoms with Gasteiger partial charge in [0.15, 0.2) is 0 Å². The number of hydrogen-bond acceptors (Lipinski definition) is 4. The molecule has 4 heteroatoms. The van der Waals surface area contributed by atoms with Crippen LogP contribution in [-0.4, -0.2) is 9.97 Å². The van der Waals surface area contributed by atoms with E-state index in [9.17, 15) is 0 Å². The van der Waals surface area contributed by atoms with Crippen molar-refractivity contribution in [2.75, 3.05) is 0 Å². The third kappa shape index (κ3) is 3.47. The zero-order valence-electron chi connectivity index (χ0n) is 21.0. The van der Waals surface area contributed by atoms with E-state index in [2.05, 4.69) is 101 Å². The molecule has 6 aromatic rings. The topological polar surface area (TPSA) is 38.9 Å². The Kier molecular flexibility index (Phi) is 4.87. The molecule has 0 aliphatic rings. The molecule has 0 spiro atoms. The Morgan fingerprint density at radius 3 is 2.34 bits per heavy atom. The van der Waals surface area contributed by atoms with E-state index >= 15 is 0 Å². The average molecular weight is 477 g/mol. The quantitative estimate of drug-likeness (QED) is 0.250. The van der Waals surface area contributed by atoms with Gasteiger partial charge in [0.25, 0.3) is 0 Å². The Labute approximate surface area is 209 Å². The Balaban J connectivity index is 1.62. The van der Waals surface area contributed by atoms with E-state index in [1.165, 1.54) is 32.5 Å². The summed E-state index contributed by atoms with van der Waals surface area (Å²) in [5, 5.41) is 3.33. The maximum Gasteiger partial charge on any atom is 0.144 e. The first-order valence-corrected chi connectivity index (χ1v) is 12.8. The second kappa shape index (κ2) is 7.76. The summed E-state index contributed by atoms with van der Waals surface area (Å²) in [7, 11) is 0. The van der Waals surface area contributed by atoms with E-state index in [1.807, 2.05) is 6.07 Å². The highest BCUT2D eigenvalue weighted by atomic mass is 32.1. The summed E-state index contributed by atoms with van der Waals surface area (Å²) in [5.74, 6) is 0. The largest absolute Gasteiger partial charge is 0.455 e. The predicted molar refractivity (Wildman–Crippen MR) is 148 cm³/mol. The van der Waals surface area contributed by atoms with E-state index in [0.717, 1.165) is 43.7 Å². The highest BCUT2D eigenvalue weighted by molar-refractivity contribution is 7.19. The lowest BCUT2D eigenvalue weighted by molar-refractivity contribution is 0.591. The van der Waals surface area contributed by atoms with E-state index < -0.39 is 0 Å². The minimum Gasteiger partial charge on any atom is -0.455 e. The smallest absolute Gasteiger partial charge is 0.144 e. The van der Waals surface area contributed by atoms with Crippen LogP contribution in [-0.2, 0) is 5.41 Å². The number of thiazole rings is 1. The molecule has 0 atom stereocenters. The third-order valence-electron chi connectivity index (χ3n) is 6.86. The Morgan fingerprint density at radius 2 is 1.60 bits per heavy atom. The van der Waals surface area contributed by atoms with Crippen molar-refractivity contribution in [2.24, 2.45) is 0 Å². The number of furan rings is 1. The lowest BCUT2D eigenvalue weighted by Gasteiger charge is -2.25. The maximum absolute atomic E-state index is 6.47. The van der Waals surface area contributed by atoms with E-state index in [1.54, 1.807) is 11.3 Å². The lowest BCUT2D eigenvalue weighted by atomic mass is 9.80. The van der Waals surface area contributed by atoms with Gasteiger partial charge in [-0.2, -0.15) is 0 Å². The standard InChI is InChI=1S/C31H28N2OS/c1-17-9-7-10-18(2)27(17)22-16-32-25(15-23(22)31(4,5)6)20-11-8-12-21-28-26(34-29(20)21)14-13-24-30(28)35-19(3)33-24/h7-16H,1-6H3. The van der Waals surface area contributed by atoms with E-state index in [-0.39, 0.29) is 5.41 Å². The van der Waals surface area contributed by atoms with Crippen molar-refractivity contribution in [3.05, 3.63) is 82.5 Å². The number of nitrogens with zero attached hydrogens (tertiary/aromatic N) is 2. The van der Waals surface area contributed by atoms with Gasteiger partial charge in [-0.15, -0.1) is 11.3 Å². The Hall–Kier alpha value is -3.50. The predicted octanol–water partition coefficient (Wildman–Crippen LogP) is 9.15. The summed E-state index contributed by atoms with van der Waals surface area (Å²) >= 11 is 1.72. The van der Waals surface area contributed by atoms with Gasteiger partial charge >= 0.3 is 0 Å². The fourth-order valence-corrected chi connectivity index (χ4v) is 6.21. The molecule has 3 nitrogen and oxygen atoms in total. The molecule has 0 saturated carbocycles. The molecule has 0 aliphatic heterocycles. The minimum atomic E-state index is -0.0458. The fourth-order valence-electron chi connectivity index (χ4n) is 5.24.